The van der Waals surface area contributed by atoms with Crippen molar-refractivity contribution in [1.29, 1.82) is 0 Å². The molecule has 0 spiro atoms. The Kier molecular flexibility index (Phi) is 3.85. The van der Waals surface area contributed by atoms with Crippen LogP contribution in [0.5, 0.6) is 0 Å². The topological polar surface area (TPSA) is 29.9 Å². The molecule has 0 saturated heterocycles. The Labute approximate surface area is 156 Å². The number of nitrogens with one attached hydrogen (secondary N) is 1. The predicted octanol–water partition coefficient (Wildman–Crippen LogP) is 4.72. The van der Waals surface area contributed by atoms with Gasteiger partial charge in [-0.15, -0.1) is 0 Å². The lowest BCUT2D eigenvalue weighted by molar-refractivity contribution is 0.882. The molecule has 0 atom stereocenters. The van der Waals surface area contributed by atoms with Crippen LogP contribution >= 0.6 is 45.2 Å². The molecule has 0 unspecified atom stereocenters. The maximum Gasteiger partial charge on any atom is 0.133 e. The van der Waals surface area contributed by atoms with Crippen LogP contribution in [-0.4, -0.2) is 16.3 Å². The van der Waals surface area contributed by atoms with E-state index in [-0.39, 0.29) is 0 Å². The monoisotopic (exact) mass is 513 g/mol. The summed E-state index contributed by atoms with van der Waals surface area (Å²) >= 11 is 4.66. The summed E-state index contributed by atoms with van der Waals surface area (Å²) in [6.45, 7) is 0.981. The molecule has 5 heteroatoms. The predicted molar refractivity (Wildman–Crippen MR) is 107 cm³/mol. The van der Waals surface area contributed by atoms with E-state index < -0.39 is 0 Å². The second-order valence-corrected chi connectivity index (χ2v) is 7.74. The Morgan fingerprint density at radius 2 is 1.55 bits per heavy atom. The van der Waals surface area contributed by atoms with Crippen LogP contribution in [0, 0.1) is 7.14 Å². The quantitative estimate of drug-likeness (QED) is 0.504. The first-order chi connectivity index (χ1) is 10.7. The van der Waals surface area contributed by atoms with Crippen molar-refractivity contribution in [2.75, 3.05) is 11.9 Å². The average molecular weight is 513 g/mol. The summed E-state index contributed by atoms with van der Waals surface area (Å²) in [7, 11) is 0. The molecule has 1 N–H and O–H groups in total. The second kappa shape index (κ2) is 5.84. The number of hydrogen-bond acceptors (Lipinski definition) is 2. The lowest BCUT2D eigenvalue weighted by atomic mass is 10.1. The molecule has 110 valence electrons. The normalized spacial score (nSPS) is 13.0. The minimum atomic E-state index is 0.981. The Bertz CT molecular complexity index is 752. The van der Waals surface area contributed by atoms with Crippen molar-refractivity contribution in [3.8, 4) is 16.9 Å². The summed E-state index contributed by atoms with van der Waals surface area (Å²) in [4.78, 5) is 0. The van der Waals surface area contributed by atoms with Crippen LogP contribution in [0.4, 0.5) is 5.82 Å². The third-order valence-electron chi connectivity index (χ3n) is 3.84. The zero-order valence-corrected chi connectivity index (χ0v) is 16.0. The largest absolute Gasteiger partial charge is 0.369 e. The van der Waals surface area contributed by atoms with Crippen LogP contribution in [0.15, 0.2) is 48.5 Å². The van der Waals surface area contributed by atoms with Gasteiger partial charge in [0.1, 0.15) is 5.82 Å². The fourth-order valence-electron chi connectivity index (χ4n) is 2.78. The fraction of sp³-hybridized carbons (Fsp3) is 0.118. The van der Waals surface area contributed by atoms with E-state index in [0.29, 0.717) is 0 Å². The van der Waals surface area contributed by atoms with Gasteiger partial charge in [-0.2, -0.15) is 5.10 Å². The van der Waals surface area contributed by atoms with Crippen molar-refractivity contribution >= 4 is 51.0 Å². The molecule has 2 heterocycles. The van der Waals surface area contributed by atoms with Crippen LogP contribution in [0.1, 0.15) is 5.56 Å². The average Bonchev–Trinajstić information content (AvgIpc) is 3.12. The summed E-state index contributed by atoms with van der Waals surface area (Å²) in [6, 6.07) is 17.0. The molecule has 0 aliphatic carbocycles. The molecule has 22 heavy (non-hydrogen) atoms. The third-order valence-corrected chi connectivity index (χ3v) is 5.28. The van der Waals surface area contributed by atoms with Crippen LogP contribution < -0.4 is 5.32 Å². The molecular weight excluding hydrogens is 500 g/mol. The molecule has 3 aromatic rings. The van der Waals surface area contributed by atoms with Crippen LogP contribution in [-0.2, 0) is 6.42 Å². The van der Waals surface area contributed by atoms with Gasteiger partial charge < -0.3 is 5.32 Å². The SMILES string of the molecule is Ic1ccc(-c2nn(-c3ccc(I)cc3)c3c2CCN3)cc1. The molecule has 3 nitrogen and oxygen atoms in total. The molecule has 0 amide bonds. The number of nitrogens with zero attached hydrogens (tertiary/aromatic N) is 2. The molecule has 0 saturated carbocycles. The van der Waals surface area contributed by atoms with Gasteiger partial charge in [0.15, 0.2) is 0 Å². The van der Waals surface area contributed by atoms with E-state index in [1.807, 2.05) is 4.68 Å². The van der Waals surface area contributed by atoms with Crippen molar-refractivity contribution in [1.82, 2.24) is 9.78 Å². The van der Waals surface area contributed by atoms with Crippen molar-refractivity contribution in [3.63, 3.8) is 0 Å². The molecule has 2 aromatic carbocycles. The molecule has 1 aliphatic heterocycles. The zero-order chi connectivity index (χ0) is 15.1. The van der Waals surface area contributed by atoms with Gasteiger partial charge >= 0.3 is 0 Å². The highest BCUT2D eigenvalue weighted by molar-refractivity contribution is 14.1. The molecule has 0 radical (unpaired) electrons. The number of rotatable bonds is 2. The van der Waals surface area contributed by atoms with Gasteiger partial charge in [-0.1, -0.05) is 12.1 Å². The van der Waals surface area contributed by atoms with E-state index >= 15 is 0 Å². The highest BCUT2D eigenvalue weighted by Crippen LogP contribution is 2.34. The summed E-state index contributed by atoms with van der Waals surface area (Å²) in [5, 5.41) is 8.36. The molecule has 0 bridgehead atoms. The van der Waals surface area contributed by atoms with Gasteiger partial charge in [-0.3, -0.25) is 0 Å². The van der Waals surface area contributed by atoms with Crippen molar-refractivity contribution in [3.05, 3.63) is 61.2 Å². The first-order valence-electron chi connectivity index (χ1n) is 7.10. The minimum absolute atomic E-state index is 0.981. The Hall–Kier alpha value is -1.09. The summed E-state index contributed by atoms with van der Waals surface area (Å²) in [6.07, 6.45) is 1.03. The summed E-state index contributed by atoms with van der Waals surface area (Å²) < 4.78 is 4.51. The maximum absolute atomic E-state index is 4.88. The van der Waals surface area contributed by atoms with Gasteiger partial charge in [0, 0.05) is 24.8 Å². The summed E-state index contributed by atoms with van der Waals surface area (Å²) in [5.74, 6) is 1.13. The minimum Gasteiger partial charge on any atom is -0.369 e. The maximum atomic E-state index is 4.88. The number of anilines is 1. The van der Waals surface area contributed by atoms with E-state index in [1.165, 1.54) is 18.3 Å². The van der Waals surface area contributed by atoms with Crippen molar-refractivity contribution in [2.45, 2.75) is 6.42 Å². The molecule has 1 aromatic heterocycles. The van der Waals surface area contributed by atoms with Gasteiger partial charge in [-0.05, 0) is 88.0 Å². The Morgan fingerprint density at radius 3 is 2.23 bits per heavy atom. The van der Waals surface area contributed by atoms with E-state index in [4.69, 9.17) is 5.10 Å². The van der Waals surface area contributed by atoms with Gasteiger partial charge in [0.05, 0.1) is 11.4 Å². The molecular formula is C17H13I2N3. The smallest absolute Gasteiger partial charge is 0.133 e. The second-order valence-electron chi connectivity index (χ2n) is 5.25. The molecule has 1 aliphatic rings. The van der Waals surface area contributed by atoms with Gasteiger partial charge in [-0.25, -0.2) is 4.68 Å². The standard InChI is InChI=1S/C17H13I2N3/c18-12-3-1-11(2-4-12)16-15-9-10-20-17(15)22(21-16)14-7-5-13(19)6-8-14/h1-8,20H,9-10H2. The van der Waals surface area contributed by atoms with E-state index in [0.717, 1.165) is 30.2 Å². The first-order valence-corrected chi connectivity index (χ1v) is 9.26. The number of hydrogen-bond donors (Lipinski definition) is 1. The lowest BCUT2D eigenvalue weighted by Crippen LogP contribution is -2.04. The van der Waals surface area contributed by atoms with Gasteiger partial charge in [0.2, 0.25) is 0 Å². The van der Waals surface area contributed by atoms with Crippen molar-refractivity contribution in [2.24, 2.45) is 0 Å². The first kappa shape index (κ1) is 14.5. The van der Waals surface area contributed by atoms with Crippen LogP contribution in [0.3, 0.4) is 0 Å². The molecule has 4 rings (SSSR count). The fourth-order valence-corrected chi connectivity index (χ4v) is 3.50. The third kappa shape index (κ3) is 2.54. The number of fused-ring (bicyclic) bond motifs is 1. The zero-order valence-electron chi connectivity index (χ0n) is 11.7. The lowest BCUT2D eigenvalue weighted by Gasteiger charge is -2.06. The highest BCUT2D eigenvalue weighted by atomic mass is 127. The number of benzene rings is 2. The number of halogens is 2. The van der Waals surface area contributed by atoms with E-state index in [1.54, 1.807) is 0 Å². The van der Waals surface area contributed by atoms with Crippen LogP contribution in [0.2, 0.25) is 0 Å². The van der Waals surface area contributed by atoms with Crippen molar-refractivity contribution < 1.29 is 0 Å². The summed E-state index contributed by atoms with van der Waals surface area (Å²) in [5.41, 5.74) is 4.70. The van der Waals surface area contributed by atoms with E-state index in [9.17, 15) is 0 Å². The highest BCUT2D eigenvalue weighted by Gasteiger charge is 2.23. The number of aromatic nitrogens is 2. The van der Waals surface area contributed by atoms with E-state index in [2.05, 4.69) is 99.0 Å². The Morgan fingerprint density at radius 1 is 0.909 bits per heavy atom. The van der Waals surface area contributed by atoms with Gasteiger partial charge in [0.25, 0.3) is 0 Å². The Balaban J connectivity index is 1.86. The molecule has 0 fully saturated rings. The van der Waals surface area contributed by atoms with Crippen LogP contribution in [0.25, 0.3) is 16.9 Å².